The van der Waals surface area contributed by atoms with Gasteiger partial charge in [-0.05, 0) is 41.1 Å². The van der Waals surface area contributed by atoms with E-state index in [1.54, 1.807) is 17.7 Å². The highest BCUT2D eigenvalue weighted by molar-refractivity contribution is 9.10. The van der Waals surface area contributed by atoms with Crippen LogP contribution in [0, 0.1) is 6.92 Å². The molecule has 0 radical (unpaired) electrons. The van der Waals surface area contributed by atoms with Crippen molar-refractivity contribution in [2.24, 2.45) is 7.05 Å². The van der Waals surface area contributed by atoms with Crippen molar-refractivity contribution < 1.29 is 0 Å². The van der Waals surface area contributed by atoms with Crippen LogP contribution < -0.4 is 5.32 Å². The molecule has 6 heteroatoms. The monoisotopic (exact) mass is 362 g/mol. The minimum Gasteiger partial charge on any atom is -0.380 e. The maximum atomic E-state index is 4.14. The molecule has 0 saturated carbocycles. The smallest absolute Gasteiger partial charge is 0.163 e. The highest BCUT2D eigenvalue weighted by Gasteiger charge is 2.06. The lowest BCUT2D eigenvalue weighted by Gasteiger charge is -2.07. The molecule has 0 spiro atoms. The highest BCUT2D eigenvalue weighted by atomic mass is 79.9. The molecule has 3 aromatic rings. The molecule has 108 valence electrons. The second-order valence-electron chi connectivity index (χ2n) is 4.82. The molecule has 1 N–H and O–H groups in total. The molecule has 0 bridgehead atoms. The molecule has 1 aromatic carbocycles. The first-order valence-corrected chi connectivity index (χ1v) is 8.17. The number of aromatic nitrogens is 3. The third-order valence-corrected chi connectivity index (χ3v) is 5.34. The van der Waals surface area contributed by atoms with Crippen LogP contribution in [0.4, 0.5) is 5.69 Å². The summed E-state index contributed by atoms with van der Waals surface area (Å²) in [5, 5.41) is 11.5. The van der Waals surface area contributed by atoms with Gasteiger partial charge in [-0.25, -0.2) is 0 Å². The van der Waals surface area contributed by atoms with Gasteiger partial charge >= 0.3 is 0 Å². The van der Waals surface area contributed by atoms with Gasteiger partial charge in [-0.15, -0.1) is 21.5 Å². The third kappa shape index (κ3) is 3.16. The quantitative estimate of drug-likeness (QED) is 0.755. The number of rotatable bonds is 4. The number of aryl methyl sites for hydroxylation is 2. The molecule has 0 aliphatic rings. The topological polar surface area (TPSA) is 42.7 Å². The van der Waals surface area contributed by atoms with E-state index in [0.717, 1.165) is 23.6 Å². The molecule has 0 unspecified atom stereocenters. The van der Waals surface area contributed by atoms with Gasteiger partial charge in [-0.1, -0.05) is 12.1 Å². The lowest BCUT2D eigenvalue weighted by Crippen LogP contribution is -1.98. The van der Waals surface area contributed by atoms with E-state index < -0.39 is 0 Å². The van der Waals surface area contributed by atoms with Crippen LogP contribution in [0.1, 0.15) is 9.75 Å². The number of halogens is 1. The number of hydrogen-bond acceptors (Lipinski definition) is 4. The van der Waals surface area contributed by atoms with Crippen molar-refractivity contribution in [3.8, 4) is 11.4 Å². The Hall–Kier alpha value is -1.66. The van der Waals surface area contributed by atoms with Crippen LogP contribution in [0.3, 0.4) is 0 Å². The minimum atomic E-state index is 0.819. The molecular weight excluding hydrogens is 348 g/mol. The lowest BCUT2D eigenvalue weighted by atomic mass is 10.2. The van der Waals surface area contributed by atoms with Gasteiger partial charge in [0.2, 0.25) is 0 Å². The first-order chi connectivity index (χ1) is 10.1. The standard InChI is InChI=1S/C15H15BrN4S/c1-10-14(16)7-13(21-10)8-17-12-5-3-4-11(6-12)15-19-18-9-20(15)2/h3-7,9,17H,8H2,1-2H3. The summed E-state index contributed by atoms with van der Waals surface area (Å²) in [6.07, 6.45) is 1.71. The van der Waals surface area contributed by atoms with E-state index in [2.05, 4.69) is 56.6 Å². The zero-order chi connectivity index (χ0) is 14.8. The number of nitrogens with one attached hydrogen (secondary N) is 1. The highest BCUT2D eigenvalue weighted by Crippen LogP contribution is 2.27. The maximum absolute atomic E-state index is 4.14. The Balaban J connectivity index is 1.76. The molecule has 0 saturated heterocycles. The Labute approximate surface area is 136 Å². The zero-order valence-corrected chi connectivity index (χ0v) is 14.2. The molecule has 2 heterocycles. The summed E-state index contributed by atoms with van der Waals surface area (Å²) in [6.45, 7) is 2.94. The second-order valence-corrected chi connectivity index (χ2v) is 7.01. The Kier molecular flexibility index (Phi) is 4.07. The average molecular weight is 363 g/mol. The van der Waals surface area contributed by atoms with Crippen molar-refractivity contribution in [1.82, 2.24) is 14.8 Å². The fourth-order valence-electron chi connectivity index (χ4n) is 2.11. The first-order valence-electron chi connectivity index (χ1n) is 6.56. The Bertz CT molecular complexity index is 743. The number of hydrogen-bond donors (Lipinski definition) is 1. The molecule has 0 aliphatic carbocycles. The largest absolute Gasteiger partial charge is 0.380 e. The molecule has 2 aromatic heterocycles. The van der Waals surface area contributed by atoms with Crippen LogP contribution >= 0.6 is 27.3 Å². The van der Waals surface area contributed by atoms with Crippen LogP contribution in [-0.2, 0) is 13.6 Å². The fourth-order valence-corrected chi connectivity index (χ4v) is 3.65. The number of anilines is 1. The van der Waals surface area contributed by atoms with Gasteiger partial charge in [0.05, 0.1) is 0 Å². The van der Waals surface area contributed by atoms with E-state index in [1.807, 2.05) is 23.7 Å². The summed E-state index contributed by atoms with van der Waals surface area (Å²) in [5.74, 6) is 0.869. The Morgan fingerprint density at radius 3 is 2.86 bits per heavy atom. The first kappa shape index (κ1) is 14.3. The van der Waals surface area contributed by atoms with Crippen molar-refractivity contribution in [1.29, 1.82) is 0 Å². The number of thiophene rings is 1. The fraction of sp³-hybridized carbons (Fsp3) is 0.200. The van der Waals surface area contributed by atoms with Gasteiger partial charge in [0.1, 0.15) is 6.33 Å². The van der Waals surface area contributed by atoms with Gasteiger partial charge in [0, 0.05) is 39.1 Å². The van der Waals surface area contributed by atoms with Crippen molar-refractivity contribution in [3.05, 3.63) is 50.9 Å². The molecule has 3 rings (SSSR count). The summed E-state index contributed by atoms with van der Waals surface area (Å²) >= 11 is 5.35. The van der Waals surface area contributed by atoms with Crippen LogP contribution in [-0.4, -0.2) is 14.8 Å². The van der Waals surface area contributed by atoms with Crippen LogP contribution in [0.15, 0.2) is 41.1 Å². The minimum absolute atomic E-state index is 0.819. The van der Waals surface area contributed by atoms with Gasteiger partial charge in [0.25, 0.3) is 0 Å². The number of benzene rings is 1. The van der Waals surface area contributed by atoms with Gasteiger partial charge in [-0.2, -0.15) is 0 Å². The van der Waals surface area contributed by atoms with Crippen molar-refractivity contribution in [2.45, 2.75) is 13.5 Å². The molecule has 4 nitrogen and oxygen atoms in total. The zero-order valence-electron chi connectivity index (χ0n) is 11.8. The summed E-state index contributed by atoms with van der Waals surface area (Å²) in [4.78, 5) is 2.61. The van der Waals surface area contributed by atoms with Gasteiger partial charge < -0.3 is 9.88 Å². The molecule has 0 amide bonds. The maximum Gasteiger partial charge on any atom is 0.163 e. The third-order valence-electron chi connectivity index (χ3n) is 3.21. The average Bonchev–Trinajstić information content (AvgIpc) is 3.03. The van der Waals surface area contributed by atoms with Gasteiger partial charge in [-0.3, -0.25) is 0 Å². The summed E-state index contributed by atoms with van der Waals surface area (Å²) in [5.41, 5.74) is 2.14. The Morgan fingerprint density at radius 2 is 2.19 bits per heavy atom. The normalized spacial score (nSPS) is 10.8. The van der Waals surface area contributed by atoms with E-state index in [0.29, 0.717) is 0 Å². The van der Waals surface area contributed by atoms with Crippen molar-refractivity contribution in [2.75, 3.05) is 5.32 Å². The van der Waals surface area contributed by atoms with Crippen LogP contribution in [0.5, 0.6) is 0 Å². The molecule has 0 aliphatic heterocycles. The molecule has 0 fully saturated rings. The molecule has 0 atom stereocenters. The van der Waals surface area contributed by atoms with Crippen molar-refractivity contribution in [3.63, 3.8) is 0 Å². The van der Waals surface area contributed by atoms with E-state index >= 15 is 0 Å². The molecular formula is C15H15BrN4S. The van der Waals surface area contributed by atoms with E-state index in [-0.39, 0.29) is 0 Å². The predicted octanol–water partition coefficient (Wildman–Crippen LogP) is 4.23. The van der Waals surface area contributed by atoms with E-state index in [4.69, 9.17) is 0 Å². The Morgan fingerprint density at radius 1 is 1.33 bits per heavy atom. The van der Waals surface area contributed by atoms with Gasteiger partial charge in [0.15, 0.2) is 5.82 Å². The summed E-state index contributed by atoms with van der Waals surface area (Å²) in [7, 11) is 1.95. The number of nitrogens with zero attached hydrogens (tertiary/aromatic N) is 3. The van der Waals surface area contributed by atoms with E-state index in [9.17, 15) is 0 Å². The van der Waals surface area contributed by atoms with Crippen LogP contribution in [0.2, 0.25) is 0 Å². The van der Waals surface area contributed by atoms with E-state index in [1.165, 1.54) is 14.2 Å². The summed E-state index contributed by atoms with van der Waals surface area (Å²) in [6, 6.07) is 10.4. The van der Waals surface area contributed by atoms with Crippen molar-refractivity contribution >= 4 is 33.0 Å². The second kappa shape index (κ2) is 5.99. The van der Waals surface area contributed by atoms with Crippen LogP contribution in [0.25, 0.3) is 11.4 Å². The molecule has 21 heavy (non-hydrogen) atoms. The summed E-state index contributed by atoms with van der Waals surface area (Å²) < 4.78 is 3.09. The SMILES string of the molecule is Cc1sc(CNc2cccc(-c3nncn3C)c2)cc1Br. The predicted molar refractivity (Wildman–Crippen MR) is 90.5 cm³/mol. The lowest BCUT2D eigenvalue weighted by molar-refractivity contribution is 0.920.